The molecule has 1 heterocycles. The van der Waals surface area contributed by atoms with E-state index in [-0.39, 0.29) is 18.7 Å². The molecule has 130 valence electrons. The van der Waals surface area contributed by atoms with Gasteiger partial charge in [0.2, 0.25) is 0 Å². The lowest BCUT2D eigenvalue weighted by atomic mass is 9.99. The molecule has 3 aromatic carbocycles. The molecule has 4 rings (SSSR count). The van der Waals surface area contributed by atoms with E-state index in [1.165, 1.54) is 11.1 Å². The highest BCUT2D eigenvalue weighted by Gasteiger charge is 2.37. The third-order valence-corrected chi connectivity index (χ3v) is 4.82. The van der Waals surface area contributed by atoms with E-state index in [4.69, 9.17) is 4.99 Å². The highest BCUT2D eigenvalue weighted by atomic mass is 16.3. The van der Waals surface area contributed by atoms with Crippen LogP contribution in [0.4, 0.5) is 0 Å². The van der Waals surface area contributed by atoms with Crippen LogP contribution in [0, 0.1) is 0 Å². The van der Waals surface area contributed by atoms with Crippen LogP contribution in [0.1, 0.15) is 22.7 Å². The van der Waals surface area contributed by atoms with Gasteiger partial charge in [0.1, 0.15) is 5.84 Å². The van der Waals surface area contributed by atoms with E-state index in [1.807, 2.05) is 42.5 Å². The van der Waals surface area contributed by atoms with Gasteiger partial charge in [0, 0.05) is 12.1 Å². The summed E-state index contributed by atoms with van der Waals surface area (Å²) in [6, 6.07) is 30.9. The zero-order valence-electron chi connectivity index (χ0n) is 14.6. The number of aliphatic hydroxyl groups excluding tert-OH is 1. The Hall–Kier alpha value is -2.91. The van der Waals surface area contributed by atoms with Crippen molar-refractivity contribution in [3.8, 4) is 0 Å². The zero-order chi connectivity index (χ0) is 17.8. The normalized spacial score (nSPS) is 19.4. The standard InChI is InChI=1S/C23H22N2O/c26-17-21-22(19-12-6-2-7-13-19)25(16-18-10-4-1-5-11-18)23(24-21)20-14-8-3-9-15-20/h1-15,21-22,26H,16-17H2/t21-,22+/m1/s1. The van der Waals surface area contributed by atoms with Crippen LogP contribution in [0.2, 0.25) is 0 Å². The molecular weight excluding hydrogens is 320 g/mol. The quantitative estimate of drug-likeness (QED) is 0.759. The fraction of sp³-hybridized carbons (Fsp3) is 0.174. The predicted molar refractivity (Wildman–Crippen MR) is 105 cm³/mol. The average molecular weight is 342 g/mol. The molecule has 1 aliphatic rings. The third-order valence-electron chi connectivity index (χ3n) is 4.82. The molecule has 0 saturated heterocycles. The zero-order valence-corrected chi connectivity index (χ0v) is 14.6. The topological polar surface area (TPSA) is 35.8 Å². The molecule has 0 saturated carbocycles. The first-order chi connectivity index (χ1) is 12.9. The van der Waals surface area contributed by atoms with E-state index in [0.29, 0.717) is 0 Å². The number of benzene rings is 3. The first-order valence-electron chi connectivity index (χ1n) is 8.96. The summed E-state index contributed by atoms with van der Waals surface area (Å²) >= 11 is 0. The van der Waals surface area contributed by atoms with Gasteiger partial charge in [0.25, 0.3) is 0 Å². The number of hydrogen-bond acceptors (Lipinski definition) is 3. The molecule has 3 aromatic rings. The fourth-order valence-electron chi connectivity index (χ4n) is 3.62. The number of aliphatic hydroxyl groups is 1. The minimum atomic E-state index is -0.170. The molecule has 0 unspecified atom stereocenters. The van der Waals surface area contributed by atoms with Crippen molar-refractivity contribution in [3.05, 3.63) is 108 Å². The fourth-order valence-corrected chi connectivity index (χ4v) is 3.62. The van der Waals surface area contributed by atoms with Gasteiger partial charge in [-0.2, -0.15) is 0 Å². The summed E-state index contributed by atoms with van der Waals surface area (Å²) in [4.78, 5) is 7.23. The highest BCUT2D eigenvalue weighted by molar-refractivity contribution is 6.00. The minimum Gasteiger partial charge on any atom is -0.394 e. The first kappa shape index (κ1) is 16.6. The molecular formula is C23H22N2O. The average Bonchev–Trinajstić information content (AvgIpc) is 3.08. The number of amidine groups is 1. The second kappa shape index (κ2) is 7.54. The van der Waals surface area contributed by atoms with Crippen molar-refractivity contribution >= 4 is 5.84 Å². The smallest absolute Gasteiger partial charge is 0.132 e. The summed E-state index contributed by atoms with van der Waals surface area (Å²) in [5.41, 5.74) is 3.49. The van der Waals surface area contributed by atoms with E-state index >= 15 is 0 Å². The van der Waals surface area contributed by atoms with Gasteiger partial charge >= 0.3 is 0 Å². The van der Waals surface area contributed by atoms with E-state index < -0.39 is 0 Å². The maximum absolute atomic E-state index is 10.0. The van der Waals surface area contributed by atoms with Crippen molar-refractivity contribution in [2.45, 2.75) is 18.6 Å². The Labute approximate surface area is 154 Å². The Kier molecular flexibility index (Phi) is 4.80. The lowest BCUT2D eigenvalue weighted by Gasteiger charge is -2.31. The molecule has 0 amide bonds. The Bertz CT molecular complexity index is 862. The van der Waals surface area contributed by atoms with Crippen molar-refractivity contribution in [2.24, 2.45) is 4.99 Å². The van der Waals surface area contributed by atoms with Crippen molar-refractivity contribution in [2.75, 3.05) is 6.61 Å². The molecule has 1 N–H and O–H groups in total. The second-order valence-corrected chi connectivity index (χ2v) is 6.54. The van der Waals surface area contributed by atoms with Crippen LogP contribution in [-0.4, -0.2) is 28.5 Å². The molecule has 2 atom stereocenters. The third kappa shape index (κ3) is 3.26. The number of rotatable bonds is 5. The molecule has 0 radical (unpaired) electrons. The van der Waals surface area contributed by atoms with E-state index in [2.05, 4.69) is 53.4 Å². The van der Waals surface area contributed by atoms with Gasteiger partial charge < -0.3 is 10.0 Å². The van der Waals surface area contributed by atoms with Gasteiger partial charge in [-0.15, -0.1) is 0 Å². The number of nitrogens with zero attached hydrogens (tertiary/aromatic N) is 2. The number of aliphatic imine (C=N–C) groups is 1. The Balaban J connectivity index is 1.77. The summed E-state index contributed by atoms with van der Waals surface area (Å²) in [6.45, 7) is 0.784. The lowest BCUT2D eigenvalue weighted by molar-refractivity contribution is 0.210. The monoisotopic (exact) mass is 342 g/mol. The molecule has 3 nitrogen and oxygen atoms in total. The Morgan fingerprint density at radius 3 is 1.96 bits per heavy atom. The number of hydrogen-bond donors (Lipinski definition) is 1. The lowest BCUT2D eigenvalue weighted by Crippen LogP contribution is -2.34. The van der Waals surface area contributed by atoms with Crippen LogP contribution in [0.3, 0.4) is 0 Å². The van der Waals surface area contributed by atoms with Gasteiger partial charge in [-0.1, -0.05) is 91.0 Å². The highest BCUT2D eigenvalue weighted by Crippen LogP contribution is 2.35. The van der Waals surface area contributed by atoms with Crippen LogP contribution in [0.15, 0.2) is 96.0 Å². The molecule has 26 heavy (non-hydrogen) atoms. The first-order valence-corrected chi connectivity index (χ1v) is 8.96. The second-order valence-electron chi connectivity index (χ2n) is 6.54. The predicted octanol–water partition coefficient (Wildman–Crippen LogP) is 4.05. The maximum Gasteiger partial charge on any atom is 0.132 e. The molecule has 0 aromatic heterocycles. The van der Waals surface area contributed by atoms with Crippen molar-refractivity contribution in [1.29, 1.82) is 0 Å². The van der Waals surface area contributed by atoms with Gasteiger partial charge in [0.15, 0.2) is 0 Å². The largest absolute Gasteiger partial charge is 0.394 e. The van der Waals surface area contributed by atoms with Crippen molar-refractivity contribution < 1.29 is 5.11 Å². The van der Waals surface area contributed by atoms with Crippen molar-refractivity contribution in [1.82, 2.24) is 4.90 Å². The van der Waals surface area contributed by atoms with Gasteiger partial charge in [-0.05, 0) is 11.1 Å². The SMILES string of the molecule is OC[C@H]1N=C(c2ccccc2)N(Cc2ccccc2)[C@H]1c1ccccc1. The van der Waals surface area contributed by atoms with Gasteiger partial charge in [0.05, 0.1) is 18.7 Å². The van der Waals surface area contributed by atoms with Crippen molar-refractivity contribution in [3.63, 3.8) is 0 Å². The molecule has 0 bridgehead atoms. The molecule has 3 heteroatoms. The Morgan fingerprint density at radius 2 is 1.35 bits per heavy atom. The van der Waals surface area contributed by atoms with Crippen LogP contribution in [0.25, 0.3) is 0 Å². The summed E-state index contributed by atoms with van der Waals surface area (Å²) in [7, 11) is 0. The summed E-state index contributed by atoms with van der Waals surface area (Å²) < 4.78 is 0. The van der Waals surface area contributed by atoms with Crippen LogP contribution in [0.5, 0.6) is 0 Å². The van der Waals surface area contributed by atoms with Gasteiger partial charge in [-0.25, -0.2) is 0 Å². The minimum absolute atomic E-state index is 0.0246. The molecule has 0 fully saturated rings. The van der Waals surface area contributed by atoms with Gasteiger partial charge in [-0.3, -0.25) is 4.99 Å². The summed E-state index contributed by atoms with van der Waals surface area (Å²) in [5, 5.41) is 10.0. The Morgan fingerprint density at radius 1 is 0.769 bits per heavy atom. The maximum atomic E-state index is 10.0. The summed E-state index contributed by atoms with van der Waals surface area (Å²) in [6.07, 6.45) is 0. The summed E-state index contributed by atoms with van der Waals surface area (Å²) in [5.74, 6) is 0.947. The van der Waals surface area contributed by atoms with Crippen LogP contribution in [-0.2, 0) is 6.54 Å². The van der Waals surface area contributed by atoms with Crippen LogP contribution < -0.4 is 0 Å². The van der Waals surface area contributed by atoms with E-state index in [1.54, 1.807) is 0 Å². The molecule has 0 spiro atoms. The molecule has 1 aliphatic heterocycles. The van der Waals surface area contributed by atoms with Crippen LogP contribution >= 0.6 is 0 Å². The van der Waals surface area contributed by atoms with E-state index in [9.17, 15) is 5.11 Å². The van der Waals surface area contributed by atoms with E-state index in [0.717, 1.165) is 17.9 Å². The molecule has 0 aliphatic carbocycles.